The van der Waals surface area contributed by atoms with Gasteiger partial charge < -0.3 is 14.6 Å². The molecular formula is C18H34O5. The Hall–Kier alpha value is -1.26. The first-order valence-corrected chi connectivity index (χ1v) is 9.11. The highest BCUT2D eigenvalue weighted by molar-refractivity contribution is 5.66. The molecule has 0 spiro atoms. The molecule has 0 bridgehead atoms. The zero-order valence-corrected chi connectivity index (χ0v) is 14.8. The molecule has 136 valence electrons. The summed E-state index contributed by atoms with van der Waals surface area (Å²) in [6.45, 7) is 4.43. The van der Waals surface area contributed by atoms with Crippen LogP contribution in [0.1, 0.15) is 90.9 Å². The van der Waals surface area contributed by atoms with Gasteiger partial charge in [-0.15, -0.1) is 0 Å². The molecule has 1 aliphatic heterocycles. The molecule has 0 aromatic rings. The van der Waals surface area contributed by atoms with Crippen molar-refractivity contribution in [2.75, 3.05) is 6.61 Å². The second kappa shape index (κ2) is 15.6. The number of ether oxygens (including phenoxy) is 2. The fourth-order valence-corrected chi connectivity index (χ4v) is 2.36. The molecule has 1 fully saturated rings. The van der Waals surface area contributed by atoms with E-state index in [1.165, 1.54) is 57.8 Å². The van der Waals surface area contributed by atoms with E-state index in [9.17, 15) is 9.59 Å². The summed E-state index contributed by atoms with van der Waals surface area (Å²) in [6.07, 6.45) is 13.8. The molecule has 0 aromatic heterocycles. The first-order valence-electron chi connectivity index (χ1n) is 9.11. The highest BCUT2D eigenvalue weighted by Crippen LogP contribution is 2.11. The lowest BCUT2D eigenvalue weighted by atomic mass is 10.1. The molecule has 0 saturated carbocycles. The molecule has 1 atom stereocenters. The lowest BCUT2D eigenvalue weighted by molar-refractivity contribution is -0.137. The van der Waals surface area contributed by atoms with Crippen LogP contribution in [0, 0.1) is 0 Å². The zero-order valence-electron chi connectivity index (χ0n) is 14.8. The van der Waals surface area contributed by atoms with Crippen LogP contribution in [0.4, 0.5) is 4.79 Å². The Balaban J connectivity index is 0.000000568. The monoisotopic (exact) mass is 330 g/mol. The van der Waals surface area contributed by atoms with Gasteiger partial charge in [-0.3, -0.25) is 4.79 Å². The van der Waals surface area contributed by atoms with E-state index < -0.39 is 12.1 Å². The second-order valence-corrected chi connectivity index (χ2v) is 6.17. The van der Waals surface area contributed by atoms with Crippen LogP contribution in [-0.4, -0.2) is 29.9 Å². The molecule has 1 aliphatic rings. The van der Waals surface area contributed by atoms with E-state index in [-0.39, 0.29) is 6.10 Å². The number of cyclic esters (lactones) is 2. The molecule has 5 nitrogen and oxygen atoms in total. The molecule has 0 amide bonds. The number of hydrogen-bond donors (Lipinski definition) is 1. The first kappa shape index (κ1) is 21.7. The largest absolute Gasteiger partial charge is 0.508 e. The fraction of sp³-hybridized carbons (Fsp3) is 0.889. The van der Waals surface area contributed by atoms with Crippen molar-refractivity contribution in [2.24, 2.45) is 0 Å². The van der Waals surface area contributed by atoms with Crippen molar-refractivity contribution in [3.63, 3.8) is 0 Å². The summed E-state index contributed by atoms with van der Waals surface area (Å²) in [4.78, 5) is 20.3. The predicted molar refractivity (Wildman–Crippen MR) is 90.6 cm³/mol. The number of carbonyl (C=O) groups excluding carboxylic acids is 1. The SMILES string of the molecule is CC1COC(=O)O1.CCCCCCCCCCCCCC(=O)O. The van der Waals surface area contributed by atoms with Gasteiger partial charge in [0, 0.05) is 6.42 Å². The minimum atomic E-state index is -0.657. The van der Waals surface area contributed by atoms with Crippen molar-refractivity contribution in [1.29, 1.82) is 0 Å². The number of carboxylic acids is 1. The third-order valence-corrected chi connectivity index (χ3v) is 3.73. The summed E-state index contributed by atoms with van der Waals surface area (Å²) in [7, 11) is 0. The highest BCUT2D eigenvalue weighted by atomic mass is 16.8. The van der Waals surface area contributed by atoms with Gasteiger partial charge in [-0.05, 0) is 13.3 Å². The molecule has 0 aliphatic carbocycles. The smallest absolute Gasteiger partial charge is 0.481 e. The number of carboxylic acid groups (broad SMARTS) is 1. The third-order valence-electron chi connectivity index (χ3n) is 3.73. The van der Waals surface area contributed by atoms with Gasteiger partial charge in [-0.1, -0.05) is 71.1 Å². The molecule has 1 heterocycles. The normalized spacial score (nSPS) is 16.3. The maximum absolute atomic E-state index is 10.3. The van der Waals surface area contributed by atoms with Gasteiger partial charge in [0.05, 0.1) is 0 Å². The lowest BCUT2D eigenvalue weighted by Crippen LogP contribution is -2.01. The van der Waals surface area contributed by atoms with Crippen LogP contribution in [0.5, 0.6) is 0 Å². The van der Waals surface area contributed by atoms with Crippen LogP contribution in [0.2, 0.25) is 0 Å². The topological polar surface area (TPSA) is 72.8 Å². The lowest BCUT2D eigenvalue weighted by Gasteiger charge is -2.01. The molecule has 1 N–H and O–H groups in total. The standard InChI is InChI=1S/C14H28O2.C4H6O3/c1-2-3-4-5-6-7-8-9-10-11-12-13-14(15)16;1-3-2-6-4(5)7-3/h2-13H2,1H3,(H,15,16);3H,2H2,1H3. The van der Waals surface area contributed by atoms with Gasteiger partial charge in [-0.25, -0.2) is 4.79 Å². The van der Waals surface area contributed by atoms with E-state index in [0.717, 1.165) is 12.8 Å². The van der Waals surface area contributed by atoms with Gasteiger partial charge in [-0.2, -0.15) is 0 Å². The molecule has 1 rings (SSSR count). The van der Waals surface area contributed by atoms with Crippen molar-refractivity contribution in [3.8, 4) is 0 Å². The fourth-order valence-electron chi connectivity index (χ4n) is 2.36. The second-order valence-electron chi connectivity index (χ2n) is 6.17. The number of hydrogen-bond acceptors (Lipinski definition) is 4. The van der Waals surface area contributed by atoms with Gasteiger partial charge in [0.2, 0.25) is 0 Å². The summed E-state index contributed by atoms with van der Waals surface area (Å²) in [5.74, 6) is -0.657. The summed E-state index contributed by atoms with van der Waals surface area (Å²) >= 11 is 0. The summed E-state index contributed by atoms with van der Waals surface area (Å²) < 4.78 is 8.90. The van der Waals surface area contributed by atoms with Crippen LogP contribution in [0.15, 0.2) is 0 Å². The predicted octanol–water partition coefficient (Wildman–Crippen LogP) is 5.31. The number of aliphatic carboxylic acids is 1. The quantitative estimate of drug-likeness (QED) is 0.387. The minimum absolute atomic E-state index is 0.0486. The van der Waals surface area contributed by atoms with E-state index in [4.69, 9.17) is 5.11 Å². The summed E-state index contributed by atoms with van der Waals surface area (Å²) in [6, 6.07) is 0. The average molecular weight is 330 g/mol. The van der Waals surface area contributed by atoms with Crippen LogP contribution >= 0.6 is 0 Å². The van der Waals surface area contributed by atoms with Crippen molar-refractivity contribution in [2.45, 2.75) is 97.0 Å². The van der Waals surface area contributed by atoms with Crippen LogP contribution in [-0.2, 0) is 14.3 Å². The molecule has 5 heteroatoms. The molecule has 1 saturated heterocycles. The van der Waals surface area contributed by atoms with Crippen molar-refractivity contribution >= 4 is 12.1 Å². The maximum atomic E-state index is 10.3. The summed E-state index contributed by atoms with van der Waals surface area (Å²) in [5.41, 5.74) is 0. The average Bonchev–Trinajstić information content (AvgIpc) is 2.88. The van der Waals surface area contributed by atoms with Crippen LogP contribution < -0.4 is 0 Å². The Labute approximate surface area is 140 Å². The van der Waals surface area contributed by atoms with Gasteiger partial charge in [0.25, 0.3) is 0 Å². The van der Waals surface area contributed by atoms with E-state index in [0.29, 0.717) is 13.0 Å². The third kappa shape index (κ3) is 16.9. The first-order chi connectivity index (χ1) is 11.1. The van der Waals surface area contributed by atoms with Gasteiger partial charge in [0.1, 0.15) is 12.7 Å². The molecular weight excluding hydrogens is 296 g/mol. The van der Waals surface area contributed by atoms with Crippen LogP contribution in [0.25, 0.3) is 0 Å². The van der Waals surface area contributed by atoms with Gasteiger partial charge in [0.15, 0.2) is 0 Å². The van der Waals surface area contributed by atoms with Crippen molar-refractivity contribution < 1.29 is 24.2 Å². The Morgan fingerprint density at radius 1 is 1.00 bits per heavy atom. The Morgan fingerprint density at radius 3 is 1.78 bits per heavy atom. The number of unbranched alkanes of at least 4 members (excludes halogenated alkanes) is 10. The molecule has 0 radical (unpaired) electrons. The minimum Gasteiger partial charge on any atom is -0.481 e. The number of rotatable bonds is 12. The summed E-state index contributed by atoms with van der Waals surface area (Å²) in [5, 5.41) is 8.46. The van der Waals surface area contributed by atoms with Crippen LogP contribution in [0.3, 0.4) is 0 Å². The van der Waals surface area contributed by atoms with E-state index in [1.807, 2.05) is 0 Å². The Kier molecular flexibility index (Phi) is 14.8. The highest BCUT2D eigenvalue weighted by Gasteiger charge is 2.19. The molecule has 23 heavy (non-hydrogen) atoms. The Morgan fingerprint density at radius 2 is 1.48 bits per heavy atom. The number of carbonyl (C=O) groups is 2. The van der Waals surface area contributed by atoms with Crippen molar-refractivity contribution in [1.82, 2.24) is 0 Å². The van der Waals surface area contributed by atoms with Gasteiger partial charge >= 0.3 is 12.1 Å². The van der Waals surface area contributed by atoms with E-state index in [2.05, 4.69) is 16.4 Å². The van der Waals surface area contributed by atoms with E-state index >= 15 is 0 Å². The zero-order chi connectivity index (χ0) is 17.3. The Bertz CT molecular complexity index is 304. The maximum Gasteiger partial charge on any atom is 0.508 e. The van der Waals surface area contributed by atoms with E-state index in [1.54, 1.807) is 6.92 Å². The van der Waals surface area contributed by atoms with Crippen molar-refractivity contribution in [3.05, 3.63) is 0 Å². The molecule has 1 unspecified atom stereocenters. The molecule has 0 aromatic carbocycles.